The van der Waals surface area contributed by atoms with Crippen LogP contribution in [0.5, 0.6) is 0 Å². The van der Waals surface area contributed by atoms with Gasteiger partial charge >= 0.3 is 0 Å². The van der Waals surface area contributed by atoms with Gasteiger partial charge in [-0.3, -0.25) is 5.73 Å². The highest BCUT2D eigenvalue weighted by Gasteiger charge is 2.20. The third kappa shape index (κ3) is 3.72. The summed E-state index contributed by atoms with van der Waals surface area (Å²) in [5.41, 5.74) is 10.4. The van der Waals surface area contributed by atoms with Gasteiger partial charge in [-0.25, -0.2) is 0 Å². The zero-order valence-electron chi connectivity index (χ0n) is 10.2. The van der Waals surface area contributed by atoms with Crippen molar-refractivity contribution in [3.05, 3.63) is 71.8 Å². The number of rotatable bonds is 4. The van der Waals surface area contributed by atoms with Crippen LogP contribution in [0, 0.1) is 0 Å². The van der Waals surface area contributed by atoms with Gasteiger partial charge in [-0.1, -0.05) is 60.7 Å². The lowest BCUT2D eigenvalue weighted by Gasteiger charge is -2.23. The second-order valence-corrected chi connectivity index (χ2v) is 4.89. The normalized spacial score (nSPS) is 11.4. The molecule has 0 heterocycles. The third-order valence-electron chi connectivity index (χ3n) is 2.87. The predicted octanol–water partition coefficient (Wildman–Crippen LogP) is 3.51. The molecule has 0 saturated carbocycles. The third-order valence-corrected chi connectivity index (χ3v) is 2.87. The summed E-state index contributed by atoms with van der Waals surface area (Å²) in [5.74, 6) is 0. The van der Waals surface area contributed by atoms with E-state index in [9.17, 15) is 0 Å². The Bertz CT molecular complexity index is 402. The predicted molar refractivity (Wildman–Crippen MR) is 71.8 cm³/mol. The molecule has 0 aliphatic heterocycles. The molecular weight excluding hydrogens is 206 g/mol. The summed E-state index contributed by atoms with van der Waals surface area (Å²) in [6.45, 7) is 2.01. The van der Waals surface area contributed by atoms with Crippen molar-refractivity contribution in [1.82, 2.24) is 5.73 Å². The van der Waals surface area contributed by atoms with Crippen LogP contribution in [0.15, 0.2) is 60.7 Å². The molecule has 0 spiro atoms. The zero-order chi connectivity index (χ0) is 12.1. The first kappa shape index (κ1) is 11.9. The van der Waals surface area contributed by atoms with E-state index in [2.05, 4.69) is 24.3 Å². The molecule has 0 aromatic heterocycles. The smallest absolute Gasteiger partial charge is 0.0376 e. The largest absolute Gasteiger partial charge is 0.251 e. The van der Waals surface area contributed by atoms with E-state index in [1.54, 1.807) is 0 Å². The van der Waals surface area contributed by atoms with Gasteiger partial charge in [0.2, 0.25) is 0 Å². The van der Waals surface area contributed by atoms with Crippen LogP contribution in [-0.4, -0.2) is 5.54 Å². The van der Waals surface area contributed by atoms with Crippen LogP contribution in [-0.2, 0) is 12.8 Å². The lowest BCUT2D eigenvalue weighted by molar-refractivity contribution is 0.446. The molecule has 1 radical (unpaired) electrons. The van der Waals surface area contributed by atoms with Gasteiger partial charge in [0.25, 0.3) is 0 Å². The molecule has 0 bridgehead atoms. The Kier molecular flexibility index (Phi) is 3.60. The van der Waals surface area contributed by atoms with Crippen molar-refractivity contribution in [2.75, 3.05) is 0 Å². The van der Waals surface area contributed by atoms with Crippen LogP contribution < -0.4 is 5.73 Å². The van der Waals surface area contributed by atoms with Crippen molar-refractivity contribution < 1.29 is 0 Å². The fourth-order valence-corrected chi connectivity index (χ4v) is 2.16. The molecule has 1 N–H and O–H groups in total. The van der Waals surface area contributed by atoms with Crippen LogP contribution in [0.25, 0.3) is 0 Å². The van der Waals surface area contributed by atoms with Gasteiger partial charge in [-0.15, -0.1) is 0 Å². The maximum absolute atomic E-state index is 8.40. The van der Waals surface area contributed by atoms with E-state index in [1.165, 1.54) is 11.1 Å². The molecule has 2 rings (SSSR count). The first-order valence-electron chi connectivity index (χ1n) is 5.99. The summed E-state index contributed by atoms with van der Waals surface area (Å²) >= 11 is 0. The van der Waals surface area contributed by atoms with E-state index in [0.29, 0.717) is 0 Å². The van der Waals surface area contributed by atoms with Crippen molar-refractivity contribution in [3.8, 4) is 0 Å². The second kappa shape index (κ2) is 5.15. The van der Waals surface area contributed by atoms with Gasteiger partial charge in [0, 0.05) is 5.54 Å². The van der Waals surface area contributed by atoms with Crippen LogP contribution in [0.2, 0.25) is 0 Å². The zero-order valence-corrected chi connectivity index (χ0v) is 10.2. The Morgan fingerprint density at radius 1 is 0.765 bits per heavy atom. The number of nitrogens with one attached hydrogen (secondary N) is 1. The molecule has 0 aliphatic rings. The first-order valence-corrected chi connectivity index (χ1v) is 5.99. The Morgan fingerprint density at radius 3 is 1.47 bits per heavy atom. The van der Waals surface area contributed by atoms with Crippen molar-refractivity contribution in [1.29, 1.82) is 0 Å². The number of hydrogen-bond donors (Lipinski definition) is 0. The fourth-order valence-electron chi connectivity index (χ4n) is 2.16. The number of benzene rings is 2. The van der Waals surface area contributed by atoms with Gasteiger partial charge in [0.05, 0.1) is 0 Å². The van der Waals surface area contributed by atoms with E-state index in [4.69, 9.17) is 5.73 Å². The Morgan fingerprint density at radius 2 is 1.12 bits per heavy atom. The molecule has 17 heavy (non-hydrogen) atoms. The van der Waals surface area contributed by atoms with E-state index in [0.717, 1.165) is 12.8 Å². The lowest BCUT2D eigenvalue weighted by atomic mass is 9.87. The van der Waals surface area contributed by atoms with Gasteiger partial charge in [0.15, 0.2) is 0 Å². The molecule has 0 saturated heterocycles. The SMILES string of the molecule is CC([NH])(Cc1ccccc1)Cc1ccccc1. The molecule has 0 atom stereocenters. The summed E-state index contributed by atoms with van der Waals surface area (Å²) < 4.78 is 0. The molecule has 0 unspecified atom stereocenters. The highest BCUT2D eigenvalue weighted by Crippen LogP contribution is 2.17. The van der Waals surface area contributed by atoms with E-state index in [-0.39, 0.29) is 0 Å². The van der Waals surface area contributed by atoms with Crippen LogP contribution in [0.4, 0.5) is 0 Å². The average Bonchev–Trinajstić information content (AvgIpc) is 2.30. The summed E-state index contributed by atoms with van der Waals surface area (Å²) in [4.78, 5) is 0. The number of hydrogen-bond acceptors (Lipinski definition) is 0. The van der Waals surface area contributed by atoms with Crippen molar-refractivity contribution in [2.45, 2.75) is 25.3 Å². The monoisotopic (exact) mass is 224 g/mol. The summed E-state index contributed by atoms with van der Waals surface area (Å²) in [5, 5.41) is 0. The minimum absolute atomic E-state index is 0.442. The maximum Gasteiger partial charge on any atom is 0.0376 e. The Labute approximate surface area is 103 Å². The minimum atomic E-state index is -0.442. The van der Waals surface area contributed by atoms with Crippen LogP contribution in [0.3, 0.4) is 0 Å². The molecule has 0 aliphatic carbocycles. The van der Waals surface area contributed by atoms with Gasteiger partial charge in [0.1, 0.15) is 0 Å². The lowest BCUT2D eigenvalue weighted by Crippen LogP contribution is -2.32. The van der Waals surface area contributed by atoms with E-state index >= 15 is 0 Å². The molecule has 1 nitrogen and oxygen atoms in total. The Hall–Kier alpha value is -1.60. The molecule has 87 valence electrons. The topological polar surface area (TPSA) is 23.8 Å². The van der Waals surface area contributed by atoms with Crippen molar-refractivity contribution in [2.24, 2.45) is 0 Å². The van der Waals surface area contributed by atoms with Crippen LogP contribution in [0.1, 0.15) is 18.1 Å². The fraction of sp³-hybridized carbons (Fsp3) is 0.250. The van der Waals surface area contributed by atoms with Gasteiger partial charge < -0.3 is 0 Å². The average molecular weight is 224 g/mol. The Balaban J connectivity index is 2.04. The molecule has 2 aromatic carbocycles. The van der Waals surface area contributed by atoms with Crippen LogP contribution >= 0.6 is 0 Å². The minimum Gasteiger partial charge on any atom is -0.251 e. The molecule has 1 heteroatoms. The standard InChI is InChI=1S/C16H18N/c1-16(17,12-14-8-4-2-5-9-14)13-15-10-6-3-7-11-15/h2-11,17H,12-13H2,1H3. The van der Waals surface area contributed by atoms with E-state index in [1.807, 2.05) is 43.3 Å². The first-order chi connectivity index (χ1) is 8.16. The highest BCUT2D eigenvalue weighted by molar-refractivity contribution is 5.21. The molecular formula is C16H18N. The second-order valence-electron chi connectivity index (χ2n) is 4.89. The van der Waals surface area contributed by atoms with Crippen molar-refractivity contribution >= 4 is 0 Å². The van der Waals surface area contributed by atoms with Crippen molar-refractivity contribution in [3.63, 3.8) is 0 Å². The summed E-state index contributed by atoms with van der Waals surface area (Å²) in [6.07, 6.45) is 1.59. The molecule has 0 amide bonds. The molecule has 0 fully saturated rings. The highest BCUT2D eigenvalue weighted by atomic mass is 14.7. The quantitative estimate of drug-likeness (QED) is 0.759. The van der Waals surface area contributed by atoms with Gasteiger partial charge in [-0.2, -0.15) is 0 Å². The van der Waals surface area contributed by atoms with E-state index < -0.39 is 5.54 Å². The van der Waals surface area contributed by atoms with Gasteiger partial charge in [-0.05, 0) is 30.9 Å². The summed E-state index contributed by atoms with van der Waals surface area (Å²) in [6, 6.07) is 20.6. The maximum atomic E-state index is 8.40. The molecule has 2 aromatic rings. The summed E-state index contributed by atoms with van der Waals surface area (Å²) in [7, 11) is 0.